The highest BCUT2D eigenvalue weighted by molar-refractivity contribution is 5.96. The van der Waals surface area contributed by atoms with Crippen molar-refractivity contribution < 1.29 is 19.1 Å². The molecular weight excluding hydrogens is 362 g/mol. The van der Waals surface area contributed by atoms with E-state index in [2.05, 4.69) is 27.8 Å². The van der Waals surface area contributed by atoms with Gasteiger partial charge in [0.2, 0.25) is 0 Å². The Morgan fingerprint density at radius 1 is 1.21 bits per heavy atom. The number of methoxy groups -OCH3 is 1. The van der Waals surface area contributed by atoms with Crippen LogP contribution < -0.4 is 10.1 Å². The van der Waals surface area contributed by atoms with Crippen LogP contribution in [-0.2, 0) is 22.7 Å². The van der Waals surface area contributed by atoms with Gasteiger partial charge in [0.05, 0.1) is 7.11 Å². The third-order valence-electron chi connectivity index (χ3n) is 4.23. The zero-order valence-corrected chi connectivity index (χ0v) is 16.7. The average molecular weight is 389 g/mol. The Morgan fingerprint density at radius 2 is 1.93 bits per heavy atom. The second-order valence-electron chi connectivity index (χ2n) is 6.70. The molecule has 2 aromatic rings. The van der Waals surface area contributed by atoms with Crippen LogP contribution in [0.2, 0.25) is 0 Å². The van der Waals surface area contributed by atoms with E-state index in [1.807, 2.05) is 13.8 Å². The van der Waals surface area contributed by atoms with Crippen LogP contribution in [0.25, 0.3) is 0 Å². The number of amides is 1. The summed E-state index contributed by atoms with van der Waals surface area (Å²) in [5.74, 6) is 0.0988. The number of nitrogens with one attached hydrogen (secondary N) is 1. The van der Waals surface area contributed by atoms with Crippen molar-refractivity contribution in [2.45, 2.75) is 52.8 Å². The van der Waals surface area contributed by atoms with Crippen LogP contribution in [-0.4, -0.2) is 45.2 Å². The molecule has 0 fully saturated rings. The summed E-state index contributed by atoms with van der Waals surface area (Å²) in [6.07, 6.45) is 1.93. The van der Waals surface area contributed by atoms with Crippen LogP contribution in [0.15, 0.2) is 24.3 Å². The SMILES string of the molecule is CCCCn1nnnc1COC(=O)C(NC(=O)c1ccc(OC)cc1)C(C)C. The first-order valence-corrected chi connectivity index (χ1v) is 9.32. The number of unbranched alkanes of at least 4 members (excludes halogenated alkanes) is 1. The lowest BCUT2D eigenvalue weighted by Crippen LogP contribution is -2.45. The van der Waals surface area contributed by atoms with E-state index in [4.69, 9.17) is 9.47 Å². The van der Waals surface area contributed by atoms with Gasteiger partial charge in [-0.25, -0.2) is 9.48 Å². The number of benzene rings is 1. The van der Waals surface area contributed by atoms with E-state index in [0.717, 1.165) is 12.8 Å². The minimum Gasteiger partial charge on any atom is -0.497 e. The molecule has 0 saturated heterocycles. The number of carbonyl (C=O) groups is 2. The molecule has 1 unspecified atom stereocenters. The predicted molar refractivity (Wildman–Crippen MR) is 102 cm³/mol. The maximum Gasteiger partial charge on any atom is 0.329 e. The summed E-state index contributed by atoms with van der Waals surface area (Å²) in [4.78, 5) is 25.0. The van der Waals surface area contributed by atoms with Gasteiger partial charge in [-0.1, -0.05) is 27.2 Å². The van der Waals surface area contributed by atoms with Crippen LogP contribution in [0.3, 0.4) is 0 Å². The van der Waals surface area contributed by atoms with Gasteiger partial charge in [-0.2, -0.15) is 0 Å². The number of aromatic nitrogens is 4. The Hall–Kier alpha value is -2.97. The molecule has 9 heteroatoms. The molecule has 2 rings (SSSR count). The molecule has 1 atom stereocenters. The van der Waals surface area contributed by atoms with Crippen LogP contribution >= 0.6 is 0 Å². The maximum absolute atomic E-state index is 12.5. The van der Waals surface area contributed by atoms with Crippen molar-refractivity contribution in [1.29, 1.82) is 0 Å². The Labute approximate surface area is 164 Å². The fourth-order valence-electron chi connectivity index (χ4n) is 2.50. The van der Waals surface area contributed by atoms with Crippen molar-refractivity contribution in [3.05, 3.63) is 35.7 Å². The first-order chi connectivity index (χ1) is 13.5. The summed E-state index contributed by atoms with van der Waals surface area (Å²) < 4.78 is 12.1. The maximum atomic E-state index is 12.5. The predicted octanol–water partition coefficient (Wildman–Crippen LogP) is 1.98. The van der Waals surface area contributed by atoms with Gasteiger partial charge in [-0.05, 0) is 47.0 Å². The van der Waals surface area contributed by atoms with Gasteiger partial charge in [0.1, 0.15) is 11.8 Å². The first kappa shape index (κ1) is 21.3. The average Bonchev–Trinajstić information content (AvgIpc) is 3.15. The molecule has 1 amide bonds. The van der Waals surface area contributed by atoms with E-state index < -0.39 is 12.0 Å². The standard InChI is InChI=1S/C19H27N5O4/c1-5-6-11-24-16(21-22-23-24)12-28-19(26)17(13(2)3)20-18(25)14-7-9-15(27-4)10-8-14/h7-10,13,17H,5-6,11-12H2,1-4H3,(H,20,25). The number of aryl methyl sites for hydroxylation is 1. The summed E-state index contributed by atoms with van der Waals surface area (Å²) in [6.45, 7) is 6.37. The van der Waals surface area contributed by atoms with E-state index in [-0.39, 0.29) is 18.4 Å². The van der Waals surface area contributed by atoms with E-state index >= 15 is 0 Å². The fraction of sp³-hybridized carbons (Fsp3) is 0.526. The van der Waals surface area contributed by atoms with Crippen LogP contribution in [0.5, 0.6) is 5.75 Å². The molecule has 9 nitrogen and oxygen atoms in total. The second-order valence-corrected chi connectivity index (χ2v) is 6.70. The lowest BCUT2D eigenvalue weighted by atomic mass is 10.0. The smallest absolute Gasteiger partial charge is 0.329 e. The molecule has 0 aliphatic carbocycles. The van der Waals surface area contributed by atoms with E-state index in [9.17, 15) is 9.59 Å². The van der Waals surface area contributed by atoms with Crippen LogP contribution in [0.1, 0.15) is 49.8 Å². The molecule has 0 aliphatic rings. The van der Waals surface area contributed by atoms with E-state index in [1.54, 1.807) is 36.1 Å². The van der Waals surface area contributed by atoms with Gasteiger partial charge in [-0.15, -0.1) is 5.10 Å². The Bertz CT molecular complexity index is 773. The summed E-state index contributed by atoms with van der Waals surface area (Å²) in [6, 6.07) is 5.87. The van der Waals surface area contributed by atoms with E-state index in [0.29, 0.717) is 23.7 Å². The third kappa shape index (κ3) is 5.77. The summed E-state index contributed by atoms with van der Waals surface area (Å²) in [5, 5.41) is 14.2. The molecular formula is C19H27N5O4. The quantitative estimate of drug-likeness (QED) is 0.619. The molecule has 0 spiro atoms. The molecule has 0 bridgehead atoms. The molecule has 1 N–H and O–H groups in total. The van der Waals surface area contributed by atoms with Gasteiger partial charge < -0.3 is 14.8 Å². The van der Waals surface area contributed by atoms with Crippen molar-refractivity contribution in [1.82, 2.24) is 25.5 Å². The summed E-state index contributed by atoms with van der Waals surface area (Å²) in [5.41, 5.74) is 0.433. The molecule has 0 aliphatic heterocycles. The van der Waals surface area contributed by atoms with Crippen molar-refractivity contribution >= 4 is 11.9 Å². The zero-order chi connectivity index (χ0) is 20.5. The number of esters is 1. The van der Waals surface area contributed by atoms with Gasteiger partial charge in [0, 0.05) is 12.1 Å². The number of ether oxygens (including phenoxy) is 2. The minimum absolute atomic E-state index is 0.0445. The van der Waals surface area contributed by atoms with Crippen molar-refractivity contribution in [2.75, 3.05) is 7.11 Å². The number of hydrogen-bond acceptors (Lipinski definition) is 7. The molecule has 0 radical (unpaired) electrons. The van der Waals surface area contributed by atoms with Crippen molar-refractivity contribution in [2.24, 2.45) is 5.92 Å². The highest BCUT2D eigenvalue weighted by Gasteiger charge is 2.26. The van der Waals surface area contributed by atoms with Gasteiger partial charge >= 0.3 is 5.97 Å². The van der Waals surface area contributed by atoms with Crippen LogP contribution in [0, 0.1) is 5.92 Å². The first-order valence-electron chi connectivity index (χ1n) is 9.32. The molecule has 1 aromatic carbocycles. The second kappa shape index (κ2) is 10.4. The topological polar surface area (TPSA) is 108 Å². The highest BCUT2D eigenvalue weighted by atomic mass is 16.5. The molecule has 1 aromatic heterocycles. The Balaban J connectivity index is 1.97. The lowest BCUT2D eigenvalue weighted by molar-refractivity contribution is -0.148. The molecule has 28 heavy (non-hydrogen) atoms. The van der Waals surface area contributed by atoms with Crippen molar-refractivity contribution in [3.63, 3.8) is 0 Å². The largest absolute Gasteiger partial charge is 0.497 e. The monoisotopic (exact) mass is 389 g/mol. The van der Waals surface area contributed by atoms with E-state index in [1.165, 1.54) is 0 Å². The molecule has 0 saturated carbocycles. The highest BCUT2D eigenvalue weighted by Crippen LogP contribution is 2.13. The Kier molecular flexibility index (Phi) is 7.91. The number of rotatable bonds is 10. The Morgan fingerprint density at radius 3 is 2.54 bits per heavy atom. The minimum atomic E-state index is -0.783. The molecule has 1 heterocycles. The van der Waals surface area contributed by atoms with Gasteiger partial charge in [0.25, 0.3) is 5.91 Å². The molecule has 152 valence electrons. The zero-order valence-electron chi connectivity index (χ0n) is 16.7. The summed E-state index contributed by atoms with van der Waals surface area (Å²) >= 11 is 0. The normalized spacial score (nSPS) is 11.9. The van der Waals surface area contributed by atoms with Gasteiger partial charge in [-0.3, -0.25) is 4.79 Å². The number of carbonyl (C=O) groups excluding carboxylic acids is 2. The van der Waals surface area contributed by atoms with Gasteiger partial charge in [0.15, 0.2) is 12.4 Å². The van der Waals surface area contributed by atoms with Crippen LogP contribution in [0.4, 0.5) is 0 Å². The lowest BCUT2D eigenvalue weighted by Gasteiger charge is -2.20. The number of hydrogen-bond donors (Lipinski definition) is 1. The number of nitrogens with zero attached hydrogens (tertiary/aromatic N) is 4. The number of tetrazole rings is 1. The summed E-state index contributed by atoms with van der Waals surface area (Å²) in [7, 11) is 1.55. The van der Waals surface area contributed by atoms with Crippen molar-refractivity contribution in [3.8, 4) is 5.75 Å². The fourth-order valence-corrected chi connectivity index (χ4v) is 2.50. The third-order valence-corrected chi connectivity index (χ3v) is 4.23.